The lowest BCUT2D eigenvalue weighted by Gasteiger charge is -2.24. The zero-order chi connectivity index (χ0) is 22.7. The van der Waals surface area contributed by atoms with Crippen molar-refractivity contribution in [2.45, 2.75) is 31.4 Å². The van der Waals surface area contributed by atoms with Crippen LogP contribution in [0.2, 0.25) is 0 Å². The first-order valence-corrected chi connectivity index (χ1v) is 10.5. The molecule has 2 heterocycles. The van der Waals surface area contributed by atoms with Crippen molar-refractivity contribution in [2.24, 2.45) is 0 Å². The molecule has 164 valence electrons. The maximum Gasteiger partial charge on any atom is 0.322 e. The number of likely N-dealkylation sites (tertiary alicyclic amines) is 1. The van der Waals surface area contributed by atoms with E-state index in [0.29, 0.717) is 29.9 Å². The quantitative estimate of drug-likeness (QED) is 0.646. The van der Waals surface area contributed by atoms with E-state index in [2.05, 4.69) is 16.6 Å². The summed E-state index contributed by atoms with van der Waals surface area (Å²) >= 11 is 0. The number of aliphatic hydroxyl groups is 1. The molecule has 2 aliphatic rings. The number of urea groups is 1. The zero-order valence-electron chi connectivity index (χ0n) is 17.5. The third-order valence-corrected chi connectivity index (χ3v) is 5.67. The molecule has 2 aromatic rings. The Morgan fingerprint density at radius 1 is 1.03 bits per heavy atom. The van der Waals surface area contributed by atoms with E-state index in [-0.39, 0.29) is 24.8 Å². The fraction of sp³-hybridized carbons (Fsp3) is 0.292. The van der Waals surface area contributed by atoms with Crippen LogP contribution in [0.15, 0.2) is 48.5 Å². The first-order chi connectivity index (χ1) is 15.4. The van der Waals surface area contributed by atoms with E-state index in [0.717, 1.165) is 12.1 Å². The minimum atomic E-state index is -0.810. The van der Waals surface area contributed by atoms with Crippen molar-refractivity contribution in [1.29, 1.82) is 0 Å². The summed E-state index contributed by atoms with van der Waals surface area (Å²) in [5, 5.41) is 15.6. The summed E-state index contributed by atoms with van der Waals surface area (Å²) in [6.07, 6.45) is 6.09. The lowest BCUT2D eigenvalue weighted by atomic mass is 10.1. The molecule has 4 amide bonds. The highest BCUT2D eigenvalue weighted by Crippen LogP contribution is 2.25. The maximum absolute atomic E-state index is 12.9. The van der Waals surface area contributed by atoms with Gasteiger partial charge in [-0.15, -0.1) is 6.42 Å². The van der Waals surface area contributed by atoms with Gasteiger partial charge in [0.15, 0.2) is 0 Å². The average Bonchev–Trinajstić information content (AvgIpc) is 3.40. The number of carbonyl (C=O) groups is 3. The van der Waals surface area contributed by atoms with Gasteiger partial charge in [-0.2, -0.15) is 0 Å². The van der Waals surface area contributed by atoms with Gasteiger partial charge in [-0.3, -0.25) is 9.59 Å². The van der Waals surface area contributed by atoms with Gasteiger partial charge >= 0.3 is 6.03 Å². The van der Waals surface area contributed by atoms with Crippen LogP contribution in [0, 0.1) is 12.3 Å². The molecule has 32 heavy (non-hydrogen) atoms. The van der Waals surface area contributed by atoms with E-state index in [1.807, 2.05) is 0 Å². The summed E-state index contributed by atoms with van der Waals surface area (Å²) in [6, 6.07) is 12.5. The number of benzene rings is 2. The smallest absolute Gasteiger partial charge is 0.322 e. The van der Waals surface area contributed by atoms with Crippen LogP contribution in [-0.4, -0.2) is 53.1 Å². The normalized spacial score (nSPS) is 20.2. The van der Waals surface area contributed by atoms with Gasteiger partial charge in [0.25, 0.3) is 0 Å². The zero-order valence-corrected chi connectivity index (χ0v) is 17.5. The minimum absolute atomic E-state index is 0.0579. The highest BCUT2D eigenvalue weighted by molar-refractivity contribution is 6.00. The van der Waals surface area contributed by atoms with Gasteiger partial charge in [0, 0.05) is 48.6 Å². The van der Waals surface area contributed by atoms with Crippen LogP contribution in [0.4, 0.5) is 21.9 Å². The molecule has 2 saturated heterocycles. The molecule has 3 N–H and O–H groups in total. The SMILES string of the molecule is C#Cc1ccc(NC(=O)N2CC(O)CC2C(=O)Nc2ccc(N3CCCC3=O)cc2)cc1. The summed E-state index contributed by atoms with van der Waals surface area (Å²) in [7, 11) is 0. The van der Waals surface area contributed by atoms with Crippen molar-refractivity contribution in [3.8, 4) is 12.3 Å². The molecule has 4 rings (SSSR count). The molecule has 8 heteroatoms. The number of hydrogen-bond donors (Lipinski definition) is 3. The van der Waals surface area contributed by atoms with Crippen LogP contribution >= 0.6 is 0 Å². The molecule has 0 aromatic heterocycles. The maximum atomic E-state index is 12.9. The van der Waals surface area contributed by atoms with Crippen molar-refractivity contribution in [3.63, 3.8) is 0 Å². The van der Waals surface area contributed by atoms with E-state index in [4.69, 9.17) is 6.42 Å². The van der Waals surface area contributed by atoms with Crippen LogP contribution in [0.1, 0.15) is 24.8 Å². The lowest BCUT2D eigenvalue weighted by molar-refractivity contribution is -0.119. The van der Waals surface area contributed by atoms with Crippen molar-refractivity contribution < 1.29 is 19.5 Å². The Hall–Kier alpha value is -3.83. The van der Waals surface area contributed by atoms with Gasteiger partial charge in [-0.05, 0) is 55.0 Å². The topological polar surface area (TPSA) is 102 Å². The van der Waals surface area contributed by atoms with Crippen molar-refractivity contribution >= 4 is 34.9 Å². The lowest BCUT2D eigenvalue weighted by Crippen LogP contribution is -2.45. The molecule has 0 bridgehead atoms. The Balaban J connectivity index is 1.40. The highest BCUT2D eigenvalue weighted by atomic mass is 16.3. The molecule has 0 radical (unpaired) electrons. The van der Waals surface area contributed by atoms with Crippen LogP contribution in [0.5, 0.6) is 0 Å². The second-order valence-electron chi connectivity index (χ2n) is 7.89. The number of rotatable bonds is 4. The van der Waals surface area contributed by atoms with Crippen molar-refractivity contribution in [1.82, 2.24) is 4.90 Å². The number of carbonyl (C=O) groups excluding carboxylic acids is 3. The standard InChI is InChI=1S/C24H24N4O4/c1-2-16-5-7-18(8-6-16)26-24(32)28-15-20(29)14-21(28)23(31)25-17-9-11-19(12-10-17)27-13-3-4-22(27)30/h1,5-12,20-21,29H,3-4,13-15H2,(H,25,31)(H,26,32). The fourth-order valence-electron chi connectivity index (χ4n) is 4.00. The summed E-state index contributed by atoms with van der Waals surface area (Å²) in [5.74, 6) is 2.22. The molecule has 2 aromatic carbocycles. The van der Waals surface area contributed by atoms with E-state index in [9.17, 15) is 19.5 Å². The molecule has 0 saturated carbocycles. The number of terminal acetylenes is 1. The third kappa shape index (κ3) is 4.58. The van der Waals surface area contributed by atoms with E-state index in [1.165, 1.54) is 4.90 Å². The molecule has 2 fully saturated rings. The van der Waals surface area contributed by atoms with Gasteiger partial charge in [-0.25, -0.2) is 4.79 Å². The molecule has 2 unspecified atom stereocenters. The van der Waals surface area contributed by atoms with Crippen LogP contribution in [0.3, 0.4) is 0 Å². The van der Waals surface area contributed by atoms with Gasteiger partial charge < -0.3 is 25.5 Å². The predicted molar refractivity (Wildman–Crippen MR) is 121 cm³/mol. The summed E-state index contributed by atoms with van der Waals surface area (Å²) in [5.41, 5.74) is 2.58. The van der Waals surface area contributed by atoms with E-state index < -0.39 is 18.2 Å². The monoisotopic (exact) mass is 432 g/mol. The number of nitrogens with one attached hydrogen (secondary N) is 2. The Labute approximate surface area is 186 Å². The summed E-state index contributed by atoms with van der Waals surface area (Å²) in [4.78, 5) is 40.6. The van der Waals surface area contributed by atoms with Gasteiger partial charge in [0.2, 0.25) is 11.8 Å². The molecule has 2 aliphatic heterocycles. The van der Waals surface area contributed by atoms with Gasteiger partial charge in [0.05, 0.1) is 6.10 Å². The molecular weight excluding hydrogens is 408 g/mol. The van der Waals surface area contributed by atoms with Crippen LogP contribution in [0.25, 0.3) is 0 Å². The second kappa shape index (κ2) is 9.12. The number of aliphatic hydroxyl groups excluding tert-OH is 1. The van der Waals surface area contributed by atoms with Crippen LogP contribution < -0.4 is 15.5 Å². The first-order valence-electron chi connectivity index (χ1n) is 10.5. The van der Waals surface area contributed by atoms with Gasteiger partial charge in [0.1, 0.15) is 6.04 Å². The Morgan fingerprint density at radius 3 is 2.31 bits per heavy atom. The number of β-amino-alcohol motifs (C(OH)–C–C–N with tert-alkyl or cyclic N) is 1. The van der Waals surface area contributed by atoms with Crippen molar-refractivity contribution in [3.05, 3.63) is 54.1 Å². The summed E-state index contributed by atoms with van der Waals surface area (Å²) < 4.78 is 0. The number of amides is 4. The Bertz CT molecular complexity index is 1060. The van der Waals surface area contributed by atoms with Gasteiger partial charge in [-0.1, -0.05) is 5.92 Å². The molecule has 0 aliphatic carbocycles. The molecule has 0 spiro atoms. The van der Waals surface area contributed by atoms with E-state index in [1.54, 1.807) is 53.4 Å². The molecular formula is C24H24N4O4. The second-order valence-corrected chi connectivity index (χ2v) is 7.89. The Kier molecular flexibility index (Phi) is 6.10. The first kappa shape index (κ1) is 21.4. The largest absolute Gasteiger partial charge is 0.391 e. The third-order valence-electron chi connectivity index (χ3n) is 5.67. The minimum Gasteiger partial charge on any atom is -0.391 e. The molecule has 2 atom stereocenters. The van der Waals surface area contributed by atoms with Crippen LogP contribution in [-0.2, 0) is 9.59 Å². The summed E-state index contributed by atoms with van der Waals surface area (Å²) in [6.45, 7) is 0.752. The highest BCUT2D eigenvalue weighted by Gasteiger charge is 2.39. The molecule has 8 nitrogen and oxygen atoms in total. The predicted octanol–water partition coefficient (Wildman–Crippen LogP) is 2.40. The van der Waals surface area contributed by atoms with Crippen molar-refractivity contribution in [2.75, 3.05) is 28.6 Å². The fourth-order valence-corrected chi connectivity index (χ4v) is 4.00. The number of nitrogens with zero attached hydrogens (tertiary/aromatic N) is 2. The average molecular weight is 432 g/mol. The van der Waals surface area contributed by atoms with E-state index >= 15 is 0 Å². The number of anilines is 3. The Morgan fingerprint density at radius 2 is 1.69 bits per heavy atom. The number of hydrogen-bond acceptors (Lipinski definition) is 4.